The van der Waals surface area contributed by atoms with Gasteiger partial charge in [0.2, 0.25) is 0 Å². The van der Waals surface area contributed by atoms with Crippen molar-refractivity contribution in [2.45, 2.75) is 32.3 Å². The van der Waals surface area contributed by atoms with Gasteiger partial charge in [-0.2, -0.15) is 0 Å². The Morgan fingerprint density at radius 2 is 2.08 bits per heavy atom. The predicted octanol–water partition coefficient (Wildman–Crippen LogP) is 6.28. The van der Waals surface area contributed by atoms with Crippen molar-refractivity contribution >= 4 is 47.1 Å². The minimum Gasteiger partial charge on any atom is -0.497 e. The second-order valence-corrected chi connectivity index (χ2v) is 8.80. The summed E-state index contributed by atoms with van der Waals surface area (Å²) in [6, 6.07) is 3.92. The molecule has 25 heavy (non-hydrogen) atoms. The smallest absolute Gasteiger partial charge is 0.339 e. The van der Waals surface area contributed by atoms with E-state index in [1.54, 1.807) is 14.2 Å². The van der Waals surface area contributed by atoms with Crippen LogP contribution in [0.1, 0.15) is 31.7 Å². The van der Waals surface area contributed by atoms with Crippen molar-refractivity contribution in [1.82, 2.24) is 0 Å². The number of methoxy groups -OCH3 is 2. The fraction of sp³-hybridized carbons (Fsp3) is 0.444. The van der Waals surface area contributed by atoms with Gasteiger partial charge in [-0.1, -0.05) is 19.8 Å². The lowest BCUT2D eigenvalue weighted by Crippen LogP contribution is -2.25. The number of hydrogen-bond donors (Lipinski definition) is 0. The third kappa shape index (κ3) is 4.10. The molecule has 0 bridgehead atoms. The molecule has 4 nitrogen and oxygen atoms in total. The zero-order valence-electron chi connectivity index (χ0n) is 14.4. The second-order valence-electron chi connectivity index (χ2n) is 5.99. The number of benzene rings is 1. The van der Waals surface area contributed by atoms with Gasteiger partial charge < -0.3 is 18.5 Å². The van der Waals surface area contributed by atoms with Gasteiger partial charge in [-0.15, -0.1) is 0 Å². The molecule has 0 fully saturated rings. The number of ether oxygens (including phenoxy) is 2. The lowest BCUT2D eigenvalue weighted by Gasteiger charge is -2.29. The van der Waals surface area contributed by atoms with Gasteiger partial charge in [-0.05, 0) is 70.1 Å². The molecule has 7 heteroatoms. The summed E-state index contributed by atoms with van der Waals surface area (Å²) >= 11 is 8.63. The summed E-state index contributed by atoms with van der Waals surface area (Å²) in [7, 11) is 1.83. The minimum atomic E-state index is -1.52. The van der Waals surface area contributed by atoms with Crippen molar-refractivity contribution in [3.8, 4) is 11.5 Å². The van der Waals surface area contributed by atoms with E-state index in [0.29, 0.717) is 0 Å². The fourth-order valence-electron chi connectivity index (χ4n) is 3.16. The maximum absolute atomic E-state index is 6.39. The molecule has 1 aliphatic heterocycles. The third-order valence-corrected chi connectivity index (χ3v) is 6.39. The van der Waals surface area contributed by atoms with Crippen LogP contribution in [0, 0.1) is 9.49 Å². The first kappa shape index (κ1) is 19.3. The van der Waals surface area contributed by atoms with Crippen LogP contribution in [0.25, 0.3) is 5.57 Å². The molecule has 0 saturated carbocycles. The molecule has 1 aromatic carbocycles. The highest BCUT2D eigenvalue weighted by atomic mass is 127. The summed E-state index contributed by atoms with van der Waals surface area (Å²) in [6.07, 6.45) is 7.29. The van der Waals surface area contributed by atoms with Crippen molar-refractivity contribution < 1.29 is 18.5 Å². The summed E-state index contributed by atoms with van der Waals surface area (Å²) in [5.74, 6) is 2.59. The Bertz CT molecular complexity index is 707. The number of fused-ring (bicyclic) bond motifs is 3. The first-order valence-electron chi connectivity index (χ1n) is 8.23. The second kappa shape index (κ2) is 8.47. The average molecular weight is 495 g/mol. The highest BCUT2D eigenvalue weighted by Crippen LogP contribution is 2.56. The van der Waals surface area contributed by atoms with Gasteiger partial charge in [-0.25, -0.2) is 0 Å². The zero-order valence-corrected chi connectivity index (χ0v) is 18.2. The number of unbranched alkanes of at least 4 members (excludes halogenated alkanes) is 1. The van der Waals surface area contributed by atoms with Crippen LogP contribution >= 0.6 is 41.6 Å². The maximum Gasteiger partial charge on any atom is 0.339 e. The van der Waals surface area contributed by atoms with Crippen molar-refractivity contribution in [3.63, 3.8) is 0 Å². The van der Waals surface area contributed by atoms with E-state index < -0.39 is 7.73 Å². The molecular formula is C18H21ClIO4P. The zero-order chi connectivity index (χ0) is 18.0. The van der Waals surface area contributed by atoms with Crippen LogP contribution < -0.4 is 9.26 Å². The van der Waals surface area contributed by atoms with Crippen LogP contribution in [0.5, 0.6) is 11.5 Å². The Labute approximate surface area is 168 Å². The van der Waals surface area contributed by atoms with E-state index in [9.17, 15) is 0 Å². The highest BCUT2D eigenvalue weighted by Gasteiger charge is 2.37. The molecule has 0 saturated heterocycles. The van der Waals surface area contributed by atoms with Crippen LogP contribution in [-0.2, 0) is 9.26 Å². The Hall–Kier alpha value is -0.490. The highest BCUT2D eigenvalue weighted by molar-refractivity contribution is 14.1. The lowest BCUT2D eigenvalue weighted by atomic mass is 9.83. The van der Waals surface area contributed by atoms with Gasteiger partial charge in [0.1, 0.15) is 17.3 Å². The minimum absolute atomic E-state index is 0.141. The Morgan fingerprint density at radius 1 is 1.28 bits per heavy atom. The van der Waals surface area contributed by atoms with Crippen LogP contribution in [0.2, 0.25) is 0 Å². The molecule has 1 aliphatic carbocycles. The molecule has 0 N–H and O–H groups in total. The van der Waals surface area contributed by atoms with Gasteiger partial charge in [0, 0.05) is 11.5 Å². The van der Waals surface area contributed by atoms with E-state index in [1.165, 1.54) is 0 Å². The predicted molar refractivity (Wildman–Crippen MR) is 110 cm³/mol. The van der Waals surface area contributed by atoms with E-state index in [0.717, 1.165) is 51.2 Å². The quantitative estimate of drug-likeness (QED) is 0.357. The number of hydrogen-bond acceptors (Lipinski definition) is 4. The van der Waals surface area contributed by atoms with Crippen molar-refractivity contribution in [3.05, 3.63) is 39.2 Å². The average Bonchev–Trinajstić information content (AvgIpc) is 2.75. The topological polar surface area (TPSA) is 36.9 Å². The number of allylic oxidation sites excluding steroid dienone is 1. The molecule has 1 aromatic rings. The van der Waals surface area contributed by atoms with Gasteiger partial charge in [0.15, 0.2) is 0 Å². The van der Waals surface area contributed by atoms with E-state index in [4.69, 9.17) is 29.8 Å². The standard InChI is InChI=1S/C18H21ClIO4P/c1-4-5-6-11-7-12(21-2)8-14-15-9-13(22-3)10-16(20)18(15)24-25(19)23-17(11)14/h7-11,17H,4-6H2,1-3H3. The summed E-state index contributed by atoms with van der Waals surface area (Å²) in [5, 5.41) is 0. The van der Waals surface area contributed by atoms with Gasteiger partial charge in [-0.3, -0.25) is 0 Å². The maximum atomic E-state index is 6.39. The van der Waals surface area contributed by atoms with Crippen molar-refractivity contribution in [1.29, 1.82) is 0 Å². The fourth-order valence-corrected chi connectivity index (χ4v) is 5.33. The molecular weight excluding hydrogens is 474 g/mol. The van der Waals surface area contributed by atoms with E-state index in [2.05, 4.69) is 35.6 Å². The van der Waals surface area contributed by atoms with E-state index in [1.807, 2.05) is 18.2 Å². The monoisotopic (exact) mass is 494 g/mol. The van der Waals surface area contributed by atoms with Gasteiger partial charge in [0.05, 0.1) is 23.9 Å². The molecule has 3 rings (SSSR count). The Balaban J connectivity index is 2.12. The van der Waals surface area contributed by atoms with Crippen LogP contribution in [0.3, 0.4) is 0 Å². The third-order valence-electron chi connectivity index (χ3n) is 4.42. The number of rotatable bonds is 5. The molecule has 1 heterocycles. The summed E-state index contributed by atoms with van der Waals surface area (Å²) in [5.41, 5.74) is 2.00. The normalized spacial score (nSPS) is 24.9. The molecule has 3 unspecified atom stereocenters. The summed E-state index contributed by atoms with van der Waals surface area (Å²) < 4.78 is 24.0. The molecule has 0 spiro atoms. The largest absolute Gasteiger partial charge is 0.497 e. The van der Waals surface area contributed by atoms with Crippen molar-refractivity contribution in [2.75, 3.05) is 14.2 Å². The lowest BCUT2D eigenvalue weighted by molar-refractivity contribution is 0.205. The van der Waals surface area contributed by atoms with Crippen LogP contribution in [0.15, 0.2) is 30.0 Å². The van der Waals surface area contributed by atoms with Gasteiger partial charge in [0.25, 0.3) is 0 Å². The Kier molecular flexibility index (Phi) is 6.53. The van der Waals surface area contributed by atoms with Gasteiger partial charge >= 0.3 is 7.73 Å². The van der Waals surface area contributed by atoms with E-state index >= 15 is 0 Å². The number of halogens is 2. The summed E-state index contributed by atoms with van der Waals surface area (Å²) in [6.45, 7) is 2.19. The molecule has 0 radical (unpaired) electrons. The molecule has 3 atom stereocenters. The van der Waals surface area contributed by atoms with Crippen molar-refractivity contribution in [2.24, 2.45) is 5.92 Å². The molecule has 2 aliphatic rings. The summed E-state index contributed by atoms with van der Waals surface area (Å²) in [4.78, 5) is 0. The molecule has 0 aromatic heterocycles. The Morgan fingerprint density at radius 3 is 2.76 bits per heavy atom. The SMILES string of the molecule is CCCCC1C=C(OC)C=C2c3cc(OC)cc(I)c3OP(Cl)OC21. The van der Waals surface area contributed by atoms with Crippen LogP contribution in [0.4, 0.5) is 0 Å². The first-order valence-corrected chi connectivity index (χ1v) is 11.4. The first-order chi connectivity index (χ1) is 12.1. The molecule has 0 amide bonds. The van der Waals surface area contributed by atoms with E-state index in [-0.39, 0.29) is 12.0 Å². The molecule has 136 valence electrons. The van der Waals surface area contributed by atoms with Crippen LogP contribution in [-0.4, -0.2) is 20.3 Å².